The predicted molar refractivity (Wildman–Crippen MR) is 65.0 cm³/mol. The van der Waals surface area contributed by atoms with Gasteiger partial charge in [-0.15, -0.1) is 0 Å². The van der Waals surface area contributed by atoms with Crippen LogP contribution in [0, 0.1) is 0 Å². The van der Waals surface area contributed by atoms with Crippen LogP contribution in [0.5, 0.6) is 0 Å². The summed E-state index contributed by atoms with van der Waals surface area (Å²) in [5.74, 6) is -0.302. The molecule has 0 aliphatic rings. The lowest BCUT2D eigenvalue weighted by molar-refractivity contribution is 0.0923. The van der Waals surface area contributed by atoms with Gasteiger partial charge >= 0.3 is 0 Å². The van der Waals surface area contributed by atoms with Crippen LogP contribution in [0.4, 0.5) is 0 Å². The fraction of sp³-hybridized carbons (Fsp3) is 0.545. The quantitative estimate of drug-likeness (QED) is 0.747. The molecule has 1 atom stereocenters. The molecule has 94 valence electrons. The highest BCUT2D eigenvalue weighted by molar-refractivity contribution is 5.92. The molecule has 2 N–H and O–H groups in total. The Morgan fingerprint density at radius 1 is 1.53 bits per heavy atom. The topological polar surface area (TPSA) is 78.1 Å². The average Bonchev–Trinajstić information content (AvgIpc) is 2.27. The van der Waals surface area contributed by atoms with E-state index in [9.17, 15) is 9.59 Å². The lowest BCUT2D eigenvalue weighted by Crippen LogP contribution is -2.41. The molecule has 1 rings (SSSR count). The molecule has 0 aromatic carbocycles. The lowest BCUT2D eigenvalue weighted by Gasteiger charge is -2.20. The van der Waals surface area contributed by atoms with E-state index in [1.807, 2.05) is 25.9 Å². The lowest BCUT2D eigenvalue weighted by atomic mass is 10.2. The number of hydrogen-bond acceptors (Lipinski definition) is 4. The summed E-state index contributed by atoms with van der Waals surface area (Å²) in [6.45, 7) is 2.76. The maximum Gasteiger partial charge on any atom is 0.269 e. The van der Waals surface area contributed by atoms with E-state index in [4.69, 9.17) is 0 Å². The first-order valence-corrected chi connectivity index (χ1v) is 5.52. The van der Waals surface area contributed by atoms with E-state index in [1.165, 1.54) is 6.20 Å². The van der Waals surface area contributed by atoms with Crippen molar-refractivity contribution in [2.75, 3.05) is 20.6 Å². The second-order valence-electron chi connectivity index (χ2n) is 4.15. The fourth-order valence-electron chi connectivity index (χ4n) is 1.47. The molecule has 1 aromatic rings. The first-order valence-electron chi connectivity index (χ1n) is 5.52. The number of amides is 1. The minimum Gasteiger partial charge on any atom is -0.347 e. The molecule has 1 aromatic heterocycles. The SMILES string of the molecule is CC[C@@H](CN(C)C)NC(=O)c1cncc(=O)[nH]1. The molecule has 0 radical (unpaired) electrons. The molecule has 17 heavy (non-hydrogen) atoms. The molecular formula is C11H18N4O2. The summed E-state index contributed by atoms with van der Waals surface area (Å²) in [4.78, 5) is 31.0. The third kappa shape index (κ3) is 4.36. The zero-order chi connectivity index (χ0) is 12.8. The summed E-state index contributed by atoms with van der Waals surface area (Å²) in [7, 11) is 3.89. The number of H-pyrrole nitrogens is 1. The molecule has 0 fully saturated rings. The summed E-state index contributed by atoms with van der Waals surface area (Å²) in [5, 5.41) is 2.85. The zero-order valence-corrected chi connectivity index (χ0v) is 10.4. The maximum absolute atomic E-state index is 11.8. The van der Waals surface area contributed by atoms with E-state index in [2.05, 4.69) is 15.3 Å². The Bertz CT molecular complexity index is 427. The van der Waals surface area contributed by atoms with Gasteiger partial charge in [-0.3, -0.25) is 14.6 Å². The summed E-state index contributed by atoms with van der Waals surface area (Å²) in [6.07, 6.45) is 3.31. The third-order valence-electron chi connectivity index (χ3n) is 2.31. The Balaban J connectivity index is 2.67. The van der Waals surface area contributed by atoms with Gasteiger partial charge in [0.25, 0.3) is 11.5 Å². The molecule has 1 amide bonds. The number of carbonyl (C=O) groups excluding carboxylic acids is 1. The minimum absolute atomic E-state index is 0.0567. The largest absolute Gasteiger partial charge is 0.347 e. The summed E-state index contributed by atoms with van der Waals surface area (Å²) in [6, 6.07) is 0.0567. The second-order valence-corrected chi connectivity index (χ2v) is 4.15. The predicted octanol–water partition coefficient (Wildman–Crippen LogP) is -0.160. The summed E-state index contributed by atoms with van der Waals surface area (Å²) < 4.78 is 0. The molecule has 0 aliphatic heterocycles. The third-order valence-corrected chi connectivity index (χ3v) is 2.31. The molecular weight excluding hydrogens is 220 g/mol. The molecule has 0 saturated carbocycles. The Kier molecular flexibility index (Phi) is 4.84. The Morgan fingerprint density at radius 2 is 2.24 bits per heavy atom. The van der Waals surface area contributed by atoms with Gasteiger partial charge in [0.05, 0.1) is 12.4 Å². The number of rotatable bonds is 5. The highest BCUT2D eigenvalue weighted by Crippen LogP contribution is 1.96. The van der Waals surface area contributed by atoms with Crippen LogP contribution in [0.25, 0.3) is 0 Å². The van der Waals surface area contributed by atoms with E-state index in [0.717, 1.165) is 19.2 Å². The summed E-state index contributed by atoms with van der Waals surface area (Å²) >= 11 is 0. The Morgan fingerprint density at radius 3 is 2.76 bits per heavy atom. The van der Waals surface area contributed by atoms with Gasteiger partial charge in [-0.05, 0) is 20.5 Å². The highest BCUT2D eigenvalue weighted by atomic mass is 16.2. The van der Waals surface area contributed by atoms with Crippen molar-refractivity contribution < 1.29 is 4.79 Å². The second kappa shape index (κ2) is 6.15. The minimum atomic E-state index is -0.377. The van der Waals surface area contributed by atoms with Crippen LogP contribution in [-0.2, 0) is 0 Å². The van der Waals surface area contributed by atoms with Gasteiger partial charge in [-0.1, -0.05) is 6.92 Å². The standard InChI is InChI=1S/C11H18N4O2/c1-4-8(7-15(2)3)13-11(17)9-5-12-6-10(16)14-9/h5-6,8H,4,7H2,1-3H3,(H,13,17)(H,14,16)/t8-/m0/s1. The molecule has 6 nitrogen and oxygen atoms in total. The van der Waals surface area contributed by atoms with E-state index in [0.29, 0.717) is 0 Å². The number of nitrogens with zero attached hydrogens (tertiary/aromatic N) is 2. The first kappa shape index (κ1) is 13.4. The number of nitrogens with one attached hydrogen (secondary N) is 2. The molecule has 0 aliphatic carbocycles. The number of likely N-dealkylation sites (N-methyl/N-ethyl adjacent to an activating group) is 1. The van der Waals surface area contributed by atoms with Crippen molar-refractivity contribution in [3.8, 4) is 0 Å². The fourth-order valence-corrected chi connectivity index (χ4v) is 1.47. The van der Waals surface area contributed by atoms with Gasteiger partial charge in [0.15, 0.2) is 0 Å². The van der Waals surface area contributed by atoms with E-state index in [-0.39, 0.29) is 23.2 Å². The Hall–Kier alpha value is -1.69. The van der Waals surface area contributed by atoms with E-state index >= 15 is 0 Å². The zero-order valence-electron chi connectivity index (χ0n) is 10.4. The van der Waals surface area contributed by atoms with Crippen molar-refractivity contribution in [2.24, 2.45) is 0 Å². The van der Waals surface area contributed by atoms with Gasteiger partial charge < -0.3 is 15.2 Å². The monoisotopic (exact) mass is 238 g/mol. The van der Waals surface area contributed by atoms with Crippen LogP contribution in [0.2, 0.25) is 0 Å². The van der Waals surface area contributed by atoms with Crippen LogP contribution in [-0.4, -0.2) is 47.5 Å². The number of aromatic nitrogens is 2. The van der Waals surface area contributed by atoms with Gasteiger partial charge in [-0.2, -0.15) is 0 Å². The van der Waals surface area contributed by atoms with Crippen LogP contribution in [0.15, 0.2) is 17.2 Å². The smallest absolute Gasteiger partial charge is 0.269 e. The van der Waals surface area contributed by atoms with Crippen molar-refractivity contribution >= 4 is 5.91 Å². The highest BCUT2D eigenvalue weighted by Gasteiger charge is 2.13. The van der Waals surface area contributed by atoms with Gasteiger partial charge in [-0.25, -0.2) is 0 Å². The molecule has 6 heteroatoms. The molecule has 0 saturated heterocycles. The first-order chi connectivity index (χ1) is 8.02. The van der Waals surface area contributed by atoms with Crippen molar-refractivity contribution in [1.29, 1.82) is 0 Å². The van der Waals surface area contributed by atoms with Crippen molar-refractivity contribution in [1.82, 2.24) is 20.2 Å². The van der Waals surface area contributed by atoms with Gasteiger partial charge in [0.2, 0.25) is 0 Å². The Labute approximate surface area is 100 Å². The van der Waals surface area contributed by atoms with Gasteiger partial charge in [0.1, 0.15) is 5.69 Å². The van der Waals surface area contributed by atoms with Crippen molar-refractivity contribution in [3.63, 3.8) is 0 Å². The summed E-state index contributed by atoms with van der Waals surface area (Å²) in [5.41, 5.74) is -0.187. The molecule has 0 spiro atoms. The number of aromatic amines is 1. The van der Waals surface area contributed by atoms with Gasteiger partial charge in [0, 0.05) is 12.6 Å². The van der Waals surface area contributed by atoms with Crippen LogP contribution < -0.4 is 10.9 Å². The van der Waals surface area contributed by atoms with Crippen molar-refractivity contribution in [2.45, 2.75) is 19.4 Å². The maximum atomic E-state index is 11.8. The normalized spacial score (nSPS) is 12.5. The number of hydrogen-bond donors (Lipinski definition) is 2. The van der Waals surface area contributed by atoms with Crippen LogP contribution >= 0.6 is 0 Å². The van der Waals surface area contributed by atoms with E-state index < -0.39 is 0 Å². The van der Waals surface area contributed by atoms with Crippen LogP contribution in [0.3, 0.4) is 0 Å². The average molecular weight is 238 g/mol. The van der Waals surface area contributed by atoms with Crippen molar-refractivity contribution in [3.05, 3.63) is 28.4 Å². The molecule has 0 bridgehead atoms. The number of carbonyl (C=O) groups is 1. The molecule has 1 heterocycles. The molecule has 0 unspecified atom stereocenters. The van der Waals surface area contributed by atoms with Crippen LogP contribution in [0.1, 0.15) is 23.8 Å². The van der Waals surface area contributed by atoms with E-state index in [1.54, 1.807) is 0 Å².